The maximum Gasteiger partial charge on any atom is 0.432 e. The second-order valence-electron chi connectivity index (χ2n) is 11.1. The second-order valence-corrected chi connectivity index (χ2v) is 11.1. The van der Waals surface area contributed by atoms with Gasteiger partial charge in [0.1, 0.15) is 34.6 Å². The zero-order chi connectivity index (χ0) is 34.2. The average molecular weight is 657 g/mol. The van der Waals surface area contributed by atoms with Gasteiger partial charge < -0.3 is 4.74 Å². The molecule has 0 heterocycles. The zero-order valence-electron chi connectivity index (χ0n) is 25.2. The van der Waals surface area contributed by atoms with E-state index in [-0.39, 0.29) is 28.0 Å². The summed E-state index contributed by atoms with van der Waals surface area (Å²) in [4.78, 5) is 0. The number of rotatable bonds is 7. The lowest BCUT2D eigenvalue weighted by molar-refractivity contribution is -0.189. The molecule has 0 aliphatic heterocycles. The molecule has 1 nitrogen and oxygen atoms in total. The lowest BCUT2D eigenvalue weighted by Crippen LogP contribution is -2.25. The monoisotopic (exact) mass is 656 g/mol. The van der Waals surface area contributed by atoms with E-state index in [9.17, 15) is 26.3 Å². The van der Waals surface area contributed by atoms with Crippen molar-refractivity contribution in [3.8, 4) is 28.7 Å². The van der Waals surface area contributed by atoms with Gasteiger partial charge >= 0.3 is 6.11 Å². The van der Waals surface area contributed by atoms with Crippen LogP contribution in [-0.4, -0.2) is 0 Å². The molecule has 0 fully saturated rings. The number of ether oxygens (including phenoxy) is 1. The smallest absolute Gasteiger partial charge is 0.429 e. The van der Waals surface area contributed by atoms with Gasteiger partial charge in [0, 0.05) is 16.5 Å². The normalized spacial score (nSPS) is 12.2. The van der Waals surface area contributed by atoms with Gasteiger partial charge in [0.05, 0.1) is 5.56 Å². The summed E-state index contributed by atoms with van der Waals surface area (Å²) in [6.07, 6.45) is -2.79. The van der Waals surface area contributed by atoms with Crippen molar-refractivity contribution in [2.45, 2.75) is 45.6 Å². The van der Waals surface area contributed by atoms with Crippen LogP contribution in [0.1, 0.15) is 60.4 Å². The molecule has 242 valence electrons. The van der Waals surface area contributed by atoms with Gasteiger partial charge in [0.25, 0.3) is 0 Å². The summed E-state index contributed by atoms with van der Waals surface area (Å²) in [6, 6.07) is 10.6. The summed E-state index contributed by atoms with van der Waals surface area (Å²) < 4.78 is 136. The molecule has 0 N–H and O–H groups in total. The van der Waals surface area contributed by atoms with Gasteiger partial charge in [-0.1, -0.05) is 44.2 Å². The molecule has 0 saturated carbocycles. The van der Waals surface area contributed by atoms with Gasteiger partial charge in [-0.05, 0) is 95.9 Å². The minimum atomic E-state index is -4.63. The van der Waals surface area contributed by atoms with Crippen molar-refractivity contribution in [1.29, 1.82) is 0 Å². The lowest BCUT2D eigenvalue weighted by atomic mass is 9.93. The van der Waals surface area contributed by atoms with Crippen LogP contribution >= 0.6 is 0 Å². The Bertz CT molecular complexity index is 2030. The molecular weight excluding hydrogens is 631 g/mol. The van der Waals surface area contributed by atoms with Crippen LogP contribution in [0.15, 0.2) is 66.7 Å². The van der Waals surface area contributed by atoms with Gasteiger partial charge in [0.2, 0.25) is 0 Å². The van der Waals surface area contributed by atoms with Crippen molar-refractivity contribution in [2.24, 2.45) is 0 Å². The van der Waals surface area contributed by atoms with Gasteiger partial charge in [-0.3, -0.25) is 0 Å². The Morgan fingerprint density at radius 1 is 0.723 bits per heavy atom. The van der Waals surface area contributed by atoms with Crippen LogP contribution < -0.4 is 4.74 Å². The highest BCUT2D eigenvalue weighted by molar-refractivity contribution is 5.84. The standard InChI is InChI=1S/C37H25F9O/c1-4-5-19(2)22-12-20(3)26(30(39)15-22)9-6-21-7-10-27(29(38)13-21)24-16-31(40)34(32(41)17-24)37(45,46)47-25-8-11-28-23(14-25)18-33(42)36(44)35(28)43/h7-8,10-19H,4-5H2,1-3H3. The van der Waals surface area contributed by atoms with Crippen LogP contribution in [0.2, 0.25) is 0 Å². The van der Waals surface area contributed by atoms with E-state index in [2.05, 4.69) is 16.6 Å². The average Bonchev–Trinajstić information content (AvgIpc) is 2.98. The maximum absolute atomic E-state index is 15.1. The zero-order valence-corrected chi connectivity index (χ0v) is 25.2. The molecule has 0 amide bonds. The minimum absolute atomic E-state index is 0.129. The van der Waals surface area contributed by atoms with E-state index < -0.39 is 69.1 Å². The first-order valence-corrected chi connectivity index (χ1v) is 14.5. The Hall–Kier alpha value is -4.91. The van der Waals surface area contributed by atoms with Crippen molar-refractivity contribution in [3.63, 3.8) is 0 Å². The quantitative estimate of drug-likeness (QED) is 0.0963. The molecule has 0 bridgehead atoms. The van der Waals surface area contributed by atoms with Gasteiger partial charge in [-0.25, -0.2) is 30.7 Å². The number of hydrogen-bond donors (Lipinski definition) is 0. The van der Waals surface area contributed by atoms with E-state index in [0.29, 0.717) is 23.8 Å². The number of fused-ring (bicyclic) bond motifs is 1. The predicted octanol–water partition coefficient (Wildman–Crippen LogP) is 11.2. The lowest BCUT2D eigenvalue weighted by Gasteiger charge is -2.20. The van der Waals surface area contributed by atoms with Crippen molar-refractivity contribution < 1.29 is 44.3 Å². The number of aryl methyl sites for hydroxylation is 1. The van der Waals surface area contributed by atoms with Crippen LogP contribution in [0, 0.1) is 59.5 Å². The van der Waals surface area contributed by atoms with Gasteiger partial charge in [-0.2, -0.15) is 8.78 Å². The fourth-order valence-electron chi connectivity index (χ4n) is 5.33. The first-order valence-electron chi connectivity index (χ1n) is 14.5. The van der Waals surface area contributed by atoms with E-state index in [1.807, 2.05) is 19.9 Å². The summed E-state index contributed by atoms with van der Waals surface area (Å²) >= 11 is 0. The van der Waals surface area contributed by atoms with E-state index >= 15 is 13.2 Å². The molecule has 10 heteroatoms. The minimum Gasteiger partial charge on any atom is -0.429 e. The fraction of sp³-hybridized carbons (Fsp3) is 0.189. The van der Waals surface area contributed by atoms with E-state index in [0.717, 1.165) is 48.7 Å². The summed E-state index contributed by atoms with van der Waals surface area (Å²) in [7, 11) is 0. The highest BCUT2D eigenvalue weighted by Crippen LogP contribution is 2.38. The second kappa shape index (κ2) is 13.1. The third kappa shape index (κ3) is 6.80. The highest BCUT2D eigenvalue weighted by Gasteiger charge is 2.41. The molecule has 5 rings (SSSR count). The Balaban J connectivity index is 1.40. The number of alkyl halides is 2. The number of halogens is 9. The van der Waals surface area contributed by atoms with Crippen LogP contribution in [0.5, 0.6) is 5.75 Å². The maximum atomic E-state index is 15.1. The summed E-state index contributed by atoms with van der Waals surface area (Å²) in [6.45, 7) is 5.76. The van der Waals surface area contributed by atoms with Crippen LogP contribution in [-0.2, 0) is 6.11 Å². The Labute approximate surface area is 264 Å². The molecule has 0 aliphatic rings. The van der Waals surface area contributed by atoms with Crippen LogP contribution in [0.3, 0.4) is 0 Å². The summed E-state index contributed by atoms with van der Waals surface area (Å²) in [5.41, 5.74) is -0.810. The molecule has 1 unspecified atom stereocenters. The van der Waals surface area contributed by atoms with Crippen molar-refractivity contribution in [2.75, 3.05) is 0 Å². The van der Waals surface area contributed by atoms with Crippen molar-refractivity contribution in [1.82, 2.24) is 0 Å². The van der Waals surface area contributed by atoms with Gasteiger partial charge in [-0.15, -0.1) is 0 Å². The van der Waals surface area contributed by atoms with Crippen LogP contribution in [0.4, 0.5) is 39.5 Å². The Morgan fingerprint density at radius 3 is 2.06 bits per heavy atom. The third-order valence-corrected chi connectivity index (χ3v) is 7.74. The van der Waals surface area contributed by atoms with Gasteiger partial charge in [0.15, 0.2) is 17.5 Å². The first kappa shape index (κ1) is 33.5. The Kier molecular flexibility index (Phi) is 9.30. The highest BCUT2D eigenvalue weighted by atomic mass is 19.3. The third-order valence-electron chi connectivity index (χ3n) is 7.74. The topological polar surface area (TPSA) is 9.23 Å². The van der Waals surface area contributed by atoms with E-state index in [1.54, 1.807) is 6.92 Å². The molecule has 0 radical (unpaired) electrons. The largest absolute Gasteiger partial charge is 0.432 e. The molecule has 0 spiro atoms. The molecule has 5 aromatic carbocycles. The van der Waals surface area contributed by atoms with Crippen molar-refractivity contribution >= 4 is 10.8 Å². The summed E-state index contributed by atoms with van der Waals surface area (Å²) in [5.74, 6) is -5.10. The van der Waals surface area contributed by atoms with E-state index in [1.165, 1.54) is 12.1 Å². The Morgan fingerprint density at radius 2 is 1.43 bits per heavy atom. The molecule has 0 aromatic heterocycles. The molecule has 47 heavy (non-hydrogen) atoms. The van der Waals surface area contributed by atoms with Crippen LogP contribution in [0.25, 0.3) is 21.9 Å². The molecular formula is C37H25F9O. The predicted molar refractivity (Wildman–Crippen MR) is 161 cm³/mol. The molecule has 5 aromatic rings. The number of hydrogen-bond acceptors (Lipinski definition) is 1. The first-order chi connectivity index (χ1) is 22.2. The molecule has 1 atom stereocenters. The van der Waals surface area contributed by atoms with Crippen molar-refractivity contribution in [3.05, 3.63) is 135 Å². The van der Waals surface area contributed by atoms with E-state index in [4.69, 9.17) is 0 Å². The SMILES string of the molecule is CCCC(C)c1cc(C)c(C#Cc2ccc(-c3cc(F)c(C(F)(F)Oc4ccc5c(F)c(F)c(F)cc5c4)c(F)c3)c(F)c2)c(F)c1. The molecule has 0 saturated heterocycles. The summed E-state index contributed by atoms with van der Waals surface area (Å²) in [5, 5.41) is -0.779. The number of benzene rings is 5. The molecule has 0 aliphatic carbocycles. The fourth-order valence-corrected chi connectivity index (χ4v) is 5.33.